The van der Waals surface area contributed by atoms with Crippen LogP contribution in [0.25, 0.3) is 0 Å². The van der Waals surface area contributed by atoms with E-state index >= 15 is 0 Å². The summed E-state index contributed by atoms with van der Waals surface area (Å²) in [6.07, 6.45) is 1.51. The Morgan fingerprint density at radius 2 is 2.10 bits per heavy atom. The van der Waals surface area contributed by atoms with Crippen LogP contribution in [0.5, 0.6) is 0 Å². The van der Waals surface area contributed by atoms with E-state index in [1.807, 2.05) is 23.1 Å². The van der Waals surface area contributed by atoms with Gasteiger partial charge in [0.1, 0.15) is 0 Å². The minimum Gasteiger partial charge on any atom is -0.396 e. The molecule has 4 nitrogen and oxygen atoms in total. The van der Waals surface area contributed by atoms with Crippen molar-refractivity contribution in [2.24, 2.45) is 5.92 Å². The van der Waals surface area contributed by atoms with Crippen molar-refractivity contribution in [3.8, 4) is 0 Å². The molecule has 5 heteroatoms. The third-order valence-electron chi connectivity index (χ3n) is 4.29. The quantitative estimate of drug-likeness (QED) is 0.914. The Morgan fingerprint density at radius 3 is 2.80 bits per heavy atom. The number of aliphatic hydroxyl groups excluding tert-OH is 1. The molecule has 0 bridgehead atoms. The van der Waals surface area contributed by atoms with Crippen molar-refractivity contribution in [3.05, 3.63) is 28.7 Å². The van der Waals surface area contributed by atoms with E-state index in [1.165, 1.54) is 5.69 Å². The highest BCUT2D eigenvalue weighted by atomic mass is 79.9. The molecule has 2 saturated heterocycles. The summed E-state index contributed by atoms with van der Waals surface area (Å²) in [5.74, 6) is 0.322. The smallest absolute Gasteiger partial charge is 0.223 e. The van der Waals surface area contributed by atoms with Crippen molar-refractivity contribution < 1.29 is 9.90 Å². The number of likely N-dealkylation sites (tertiary alicyclic amines) is 1. The number of amides is 1. The van der Waals surface area contributed by atoms with Crippen LogP contribution in [0.4, 0.5) is 5.69 Å². The van der Waals surface area contributed by atoms with Crippen LogP contribution in [0.2, 0.25) is 0 Å². The lowest BCUT2D eigenvalue weighted by molar-refractivity contribution is -0.129. The van der Waals surface area contributed by atoms with E-state index in [-0.39, 0.29) is 24.5 Å². The van der Waals surface area contributed by atoms with Crippen LogP contribution in [0.3, 0.4) is 0 Å². The average Bonchev–Trinajstić information content (AvgIpc) is 3.05. The van der Waals surface area contributed by atoms with Gasteiger partial charge < -0.3 is 14.9 Å². The van der Waals surface area contributed by atoms with Crippen molar-refractivity contribution in [1.82, 2.24) is 4.90 Å². The number of anilines is 1. The summed E-state index contributed by atoms with van der Waals surface area (Å²) in [6, 6.07) is 8.49. The van der Waals surface area contributed by atoms with Crippen LogP contribution >= 0.6 is 15.9 Å². The SMILES string of the molecule is O=C1CC(CO)CN1C1CCN(c2ccccc2Br)C1. The van der Waals surface area contributed by atoms with Crippen molar-refractivity contribution in [2.75, 3.05) is 31.1 Å². The monoisotopic (exact) mass is 338 g/mol. The third kappa shape index (κ3) is 2.56. The van der Waals surface area contributed by atoms with Crippen LogP contribution in [-0.4, -0.2) is 48.2 Å². The molecule has 0 spiro atoms. The summed E-state index contributed by atoms with van der Waals surface area (Å²) in [6.45, 7) is 2.68. The normalized spacial score (nSPS) is 26.6. The van der Waals surface area contributed by atoms with Crippen LogP contribution in [-0.2, 0) is 4.79 Å². The zero-order valence-electron chi connectivity index (χ0n) is 11.3. The first kappa shape index (κ1) is 13.9. The first-order valence-electron chi connectivity index (χ1n) is 7.09. The van der Waals surface area contributed by atoms with Crippen LogP contribution in [0, 0.1) is 5.92 Å². The van der Waals surface area contributed by atoms with Crippen molar-refractivity contribution in [1.29, 1.82) is 0 Å². The molecule has 2 fully saturated rings. The topological polar surface area (TPSA) is 43.8 Å². The summed E-state index contributed by atoms with van der Waals surface area (Å²) in [5.41, 5.74) is 1.19. The molecule has 2 unspecified atom stereocenters. The predicted molar refractivity (Wildman–Crippen MR) is 81.7 cm³/mol. The van der Waals surface area contributed by atoms with E-state index in [1.54, 1.807) is 0 Å². The second-order valence-corrected chi connectivity index (χ2v) is 6.49. The summed E-state index contributed by atoms with van der Waals surface area (Å²) in [7, 11) is 0. The Bertz CT molecular complexity index is 508. The number of aliphatic hydroxyl groups is 1. The Hall–Kier alpha value is -1.07. The van der Waals surface area contributed by atoms with Gasteiger partial charge in [-0.15, -0.1) is 0 Å². The van der Waals surface area contributed by atoms with E-state index in [0.29, 0.717) is 13.0 Å². The molecule has 2 aliphatic rings. The molecule has 3 rings (SSSR count). The number of hydrogen-bond donors (Lipinski definition) is 1. The van der Waals surface area contributed by atoms with Gasteiger partial charge in [0.25, 0.3) is 0 Å². The molecule has 1 aromatic carbocycles. The second-order valence-electron chi connectivity index (χ2n) is 5.64. The molecule has 0 radical (unpaired) electrons. The molecule has 0 aromatic heterocycles. The lowest BCUT2D eigenvalue weighted by Gasteiger charge is -2.25. The maximum absolute atomic E-state index is 12.0. The van der Waals surface area contributed by atoms with E-state index in [2.05, 4.69) is 26.9 Å². The van der Waals surface area contributed by atoms with Gasteiger partial charge >= 0.3 is 0 Å². The van der Waals surface area contributed by atoms with Crippen LogP contribution in [0.1, 0.15) is 12.8 Å². The number of carbonyl (C=O) groups excluding carboxylic acids is 1. The number of carbonyl (C=O) groups is 1. The van der Waals surface area contributed by atoms with Gasteiger partial charge in [-0.2, -0.15) is 0 Å². The van der Waals surface area contributed by atoms with Gasteiger partial charge in [0.15, 0.2) is 0 Å². The number of para-hydroxylation sites is 1. The predicted octanol–water partition coefficient (Wildman–Crippen LogP) is 1.87. The molecule has 0 saturated carbocycles. The molecule has 2 heterocycles. The lowest BCUT2D eigenvalue weighted by Crippen LogP contribution is -2.38. The first-order chi connectivity index (χ1) is 9.69. The Labute approximate surface area is 127 Å². The van der Waals surface area contributed by atoms with Gasteiger partial charge in [-0.1, -0.05) is 12.1 Å². The van der Waals surface area contributed by atoms with E-state index in [0.717, 1.165) is 24.0 Å². The number of rotatable bonds is 3. The summed E-state index contributed by atoms with van der Waals surface area (Å²) in [4.78, 5) is 16.3. The van der Waals surface area contributed by atoms with Crippen LogP contribution in [0.15, 0.2) is 28.7 Å². The first-order valence-corrected chi connectivity index (χ1v) is 7.88. The number of benzene rings is 1. The Balaban J connectivity index is 1.68. The van der Waals surface area contributed by atoms with E-state index in [4.69, 9.17) is 0 Å². The fraction of sp³-hybridized carbons (Fsp3) is 0.533. The van der Waals surface area contributed by atoms with Gasteiger partial charge in [-0.3, -0.25) is 4.79 Å². The zero-order valence-corrected chi connectivity index (χ0v) is 12.9. The maximum Gasteiger partial charge on any atom is 0.223 e. The van der Waals surface area contributed by atoms with Crippen LogP contribution < -0.4 is 4.90 Å². The van der Waals surface area contributed by atoms with E-state index < -0.39 is 0 Å². The van der Waals surface area contributed by atoms with E-state index in [9.17, 15) is 9.90 Å². The fourth-order valence-electron chi connectivity index (χ4n) is 3.21. The molecule has 2 atom stereocenters. The minimum atomic E-state index is 0.114. The molecule has 0 aliphatic carbocycles. The molecule has 108 valence electrons. The van der Waals surface area contributed by atoms with Gasteiger partial charge in [-0.25, -0.2) is 0 Å². The largest absolute Gasteiger partial charge is 0.396 e. The Kier molecular flexibility index (Phi) is 3.98. The number of halogens is 1. The summed E-state index contributed by atoms with van der Waals surface area (Å²) >= 11 is 3.59. The van der Waals surface area contributed by atoms with Crippen molar-refractivity contribution in [3.63, 3.8) is 0 Å². The van der Waals surface area contributed by atoms with Crippen molar-refractivity contribution in [2.45, 2.75) is 18.9 Å². The molecule has 20 heavy (non-hydrogen) atoms. The number of hydrogen-bond acceptors (Lipinski definition) is 3. The standard InChI is InChI=1S/C15H19BrN2O2/c16-13-3-1-2-4-14(13)17-6-5-12(9-17)18-8-11(10-19)7-15(18)20/h1-4,11-12,19H,5-10H2. The fourth-order valence-corrected chi connectivity index (χ4v) is 3.74. The highest BCUT2D eigenvalue weighted by molar-refractivity contribution is 9.10. The maximum atomic E-state index is 12.0. The summed E-state index contributed by atoms with van der Waals surface area (Å²) < 4.78 is 1.10. The van der Waals surface area contributed by atoms with Crippen molar-refractivity contribution >= 4 is 27.5 Å². The highest BCUT2D eigenvalue weighted by Crippen LogP contribution is 2.31. The Morgan fingerprint density at radius 1 is 1.30 bits per heavy atom. The second kappa shape index (κ2) is 5.74. The summed E-state index contributed by atoms with van der Waals surface area (Å²) in [5, 5.41) is 9.22. The average molecular weight is 339 g/mol. The minimum absolute atomic E-state index is 0.114. The lowest BCUT2D eigenvalue weighted by atomic mass is 10.1. The van der Waals surface area contributed by atoms with Gasteiger partial charge in [0.2, 0.25) is 5.91 Å². The molecular weight excluding hydrogens is 320 g/mol. The molecule has 1 N–H and O–H groups in total. The molecule has 1 aromatic rings. The zero-order chi connectivity index (χ0) is 14.1. The molecular formula is C15H19BrN2O2. The third-order valence-corrected chi connectivity index (χ3v) is 4.96. The molecule has 2 aliphatic heterocycles. The van der Waals surface area contributed by atoms with Gasteiger partial charge in [0.05, 0.1) is 11.7 Å². The number of nitrogens with zero attached hydrogens (tertiary/aromatic N) is 2. The van der Waals surface area contributed by atoms with Gasteiger partial charge in [0, 0.05) is 43.1 Å². The molecule has 1 amide bonds. The highest BCUT2D eigenvalue weighted by Gasteiger charge is 2.37. The van der Waals surface area contributed by atoms with Gasteiger partial charge in [-0.05, 0) is 34.5 Å².